The van der Waals surface area contributed by atoms with Crippen LogP contribution in [-0.4, -0.2) is 30.2 Å². The van der Waals surface area contributed by atoms with Gasteiger partial charge < -0.3 is 15.2 Å². The molecule has 3 N–H and O–H groups in total. The van der Waals surface area contributed by atoms with Gasteiger partial charge in [-0.2, -0.15) is 5.10 Å². The fourth-order valence-electron chi connectivity index (χ4n) is 1.97. The molecule has 0 heterocycles. The molecular formula is C17H17N3O4. The molecule has 2 aromatic carbocycles. The van der Waals surface area contributed by atoms with Gasteiger partial charge >= 0.3 is 0 Å². The zero-order valence-electron chi connectivity index (χ0n) is 13.2. The molecular weight excluding hydrogens is 310 g/mol. The number of phenolic OH excluding ortho intramolecular Hbond substituents is 1. The van der Waals surface area contributed by atoms with E-state index >= 15 is 0 Å². The maximum Gasteiger partial charge on any atom is 0.271 e. The first-order chi connectivity index (χ1) is 11.5. The highest BCUT2D eigenvalue weighted by Crippen LogP contribution is 2.27. The average Bonchev–Trinajstić information content (AvgIpc) is 2.56. The average molecular weight is 327 g/mol. The second-order valence-corrected chi connectivity index (χ2v) is 4.86. The summed E-state index contributed by atoms with van der Waals surface area (Å²) in [6.07, 6.45) is 1.31. The van der Waals surface area contributed by atoms with Crippen LogP contribution in [-0.2, 0) is 4.79 Å². The van der Waals surface area contributed by atoms with Gasteiger partial charge in [-0.1, -0.05) is 12.1 Å². The minimum Gasteiger partial charge on any atom is -0.504 e. The number of nitrogens with zero attached hydrogens (tertiary/aromatic N) is 1. The number of hydrogen-bond donors (Lipinski definition) is 3. The highest BCUT2D eigenvalue weighted by Gasteiger charge is 2.07. The van der Waals surface area contributed by atoms with Crippen LogP contribution in [0.15, 0.2) is 47.6 Å². The monoisotopic (exact) mass is 327 g/mol. The summed E-state index contributed by atoms with van der Waals surface area (Å²) in [5, 5.41) is 16.3. The number of phenols is 1. The number of para-hydroxylation sites is 1. The number of amides is 2. The molecule has 7 nitrogen and oxygen atoms in total. The van der Waals surface area contributed by atoms with E-state index in [0.717, 1.165) is 0 Å². The van der Waals surface area contributed by atoms with E-state index < -0.39 is 5.91 Å². The number of aromatic hydroxyl groups is 1. The first kappa shape index (κ1) is 17.0. The van der Waals surface area contributed by atoms with Gasteiger partial charge in [-0.25, -0.2) is 5.43 Å². The van der Waals surface area contributed by atoms with Gasteiger partial charge in [0.2, 0.25) is 5.91 Å². The third-order valence-electron chi connectivity index (χ3n) is 3.06. The molecule has 2 rings (SSSR count). The van der Waals surface area contributed by atoms with Gasteiger partial charge in [-0.3, -0.25) is 9.59 Å². The summed E-state index contributed by atoms with van der Waals surface area (Å²) in [4.78, 5) is 23.1. The molecule has 0 fully saturated rings. The van der Waals surface area contributed by atoms with Crippen molar-refractivity contribution in [1.29, 1.82) is 0 Å². The number of carbonyl (C=O) groups excluding carboxylic acids is 2. The molecule has 0 saturated heterocycles. The molecule has 24 heavy (non-hydrogen) atoms. The summed E-state index contributed by atoms with van der Waals surface area (Å²) >= 11 is 0. The van der Waals surface area contributed by atoms with Gasteiger partial charge in [0, 0.05) is 23.7 Å². The Balaban J connectivity index is 2.07. The highest BCUT2D eigenvalue weighted by molar-refractivity contribution is 5.97. The second-order valence-electron chi connectivity index (χ2n) is 4.86. The van der Waals surface area contributed by atoms with Crippen molar-refractivity contribution in [2.75, 3.05) is 12.4 Å². The van der Waals surface area contributed by atoms with Crippen LogP contribution in [0.3, 0.4) is 0 Å². The Morgan fingerprint density at radius 2 is 1.96 bits per heavy atom. The molecule has 0 aliphatic heterocycles. The minimum absolute atomic E-state index is 0.0642. The molecule has 124 valence electrons. The Bertz CT molecular complexity index is 787. The summed E-state index contributed by atoms with van der Waals surface area (Å²) in [6.45, 7) is 1.39. The van der Waals surface area contributed by atoms with Crippen LogP contribution in [0.5, 0.6) is 11.5 Å². The number of nitrogens with one attached hydrogen (secondary N) is 2. The molecule has 0 bridgehead atoms. The van der Waals surface area contributed by atoms with Crippen LogP contribution >= 0.6 is 0 Å². The summed E-state index contributed by atoms with van der Waals surface area (Å²) in [5.41, 5.74) is 3.62. The van der Waals surface area contributed by atoms with E-state index in [1.54, 1.807) is 36.4 Å². The number of rotatable bonds is 5. The van der Waals surface area contributed by atoms with Gasteiger partial charge in [-0.05, 0) is 30.3 Å². The Morgan fingerprint density at radius 1 is 1.21 bits per heavy atom. The van der Waals surface area contributed by atoms with Crippen molar-refractivity contribution >= 4 is 23.7 Å². The minimum atomic E-state index is -0.444. The summed E-state index contributed by atoms with van der Waals surface area (Å²) in [5.74, 6) is -0.418. The normalized spacial score (nSPS) is 10.4. The van der Waals surface area contributed by atoms with Crippen molar-refractivity contribution in [3.05, 3.63) is 53.6 Å². The van der Waals surface area contributed by atoms with Crippen molar-refractivity contribution in [2.45, 2.75) is 6.92 Å². The predicted octanol–water partition coefficient (Wildman–Crippen LogP) is 2.12. The van der Waals surface area contributed by atoms with E-state index in [4.69, 9.17) is 4.74 Å². The van der Waals surface area contributed by atoms with Gasteiger partial charge in [-0.15, -0.1) is 0 Å². The third-order valence-corrected chi connectivity index (χ3v) is 3.06. The number of benzene rings is 2. The highest BCUT2D eigenvalue weighted by atomic mass is 16.5. The number of methoxy groups -OCH3 is 1. The molecule has 0 aliphatic rings. The SMILES string of the molecule is COc1cccc(C=NNC(=O)c2cccc(NC(C)=O)c2)c1O. The maximum atomic E-state index is 12.1. The Morgan fingerprint density at radius 3 is 2.67 bits per heavy atom. The lowest BCUT2D eigenvalue weighted by Crippen LogP contribution is -2.18. The molecule has 0 atom stereocenters. The van der Waals surface area contributed by atoms with E-state index in [1.807, 2.05) is 0 Å². The van der Waals surface area contributed by atoms with Crippen molar-refractivity contribution < 1.29 is 19.4 Å². The van der Waals surface area contributed by atoms with Crippen molar-refractivity contribution in [3.8, 4) is 11.5 Å². The second kappa shape index (κ2) is 7.77. The Hall–Kier alpha value is -3.35. The van der Waals surface area contributed by atoms with Crippen LogP contribution in [0.1, 0.15) is 22.8 Å². The van der Waals surface area contributed by atoms with Crippen LogP contribution in [0.2, 0.25) is 0 Å². The number of anilines is 1. The predicted molar refractivity (Wildman–Crippen MR) is 90.5 cm³/mol. The van der Waals surface area contributed by atoms with Crippen LogP contribution < -0.4 is 15.5 Å². The van der Waals surface area contributed by atoms with Gasteiger partial charge in [0.15, 0.2) is 11.5 Å². The Kier molecular flexibility index (Phi) is 5.51. The molecule has 0 aliphatic carbocycles. The van der Waals surface area contributed by atoms with E-state index in [9.17, 15) is 14.7 Å². The number of hydrogen-bond acceptors (Lipinski definition) is 5. The summed E-state index contributed by atoms with van der Waals surface area (Å²) < 4.78 is 4.99. The van der Waals surface area contributed by atoms with Crippen LogP contribution in [0.4, 0.5) is 5.69 Å². The van der Waals surface area contributed by atoms with E-state index in [2.05, 4.69) is 15.8 Å². The molecule has 0 radical (unpaired) electrons. The zero-order valence-corrected chi connectivity index (χ0v) is 13.2. The lowest BCUT2D eigenvalue weighted by atomic mass is 10.2. The summed E-state index contributed by atoms with van der Waals surface area (Å²) in [7, 11) is 1.44. The maximum absolute atomic E-state index is 12.1. The largest absolute Gasteiger partial charge is 0.504 e. The van der Waals surface area contributed by atoms with Crippen molar-refractivity contribution in [3.63, 3.8) is 0 Å². The summed E-state index contributed by atoms with van der Waals surface area (Å²) in [6, 6.07) is 11.4. The molecule has 0 aromatic heterocycles. The van der Waals surface area contributed by atoms with E-state index in [1.165, 1.54) is 26.3 Å². The van der Waals surface area contributed by atoms with Crippen LogP contribution in [0, 0.1) is 0 Å². The number of ether oxygens (including phenoxy) is 1. The smallest absolute Gasteiger partial charge is 0.271 e. The fraction of sp³-hybridized carbons (Fsp3) is 0.118. The number of hydrazone groups is 1. The lowest BCUT2D eigenvalue weighted by Gasteiger charge is -2.06. The molecule has 2 amide bonds. The Labute approximate surface area is 139 Å². The molecule has 2 aromatic rings. The van der Waals surface area contributed by atoms with Gasteiger partial charge in [0.1, 0.15) is 0 Å². The third kappa shape index (κ3) is 4.33. The quantitative estimate of drug-likeness (QED) is 0.578. The van der Waals surface area contributed by atoms with Crippen molar-refractivity contribution in [1.82, 2.24) is 5.43 Å². The van der Waals surface area contributed by atoms with Gasteiger partial charge in [0.25, 0.3) is 5.91 Å². The van der Waals surface area contributed by atoms with E-state index in [0.29, 0.717) is 22.6 Å². The lowest BCUT2D eigenvalue weighted by molar-refractivity contribution is -0.114. The van der Waals surface area contributed by atoms with Gasteiger partial charge in [0.05, 0.1) is 13.3 Å². The topological polar surface area (TPSA) is 100 Å². The molecule has 0 unspecified atom stereocenters. The molecule has 0 saturated carbocycles. The number of carbonyl (C=O) groups is 2. The first-order valence-corrected chi connectivity index (χ1v) is 7.08. The van der Waals surface area contributed by atoms with E-state index in [-0.39, 0.29) is 11.7 Å². The standard InChI is InChI=1S/C17H17N3O4/c1-11(21)19-14-7-3-5-12(9-14)17(23)20-18-10-13-6-4-8-15(24-2)16(13)22/h3-10,22H,1-2H3,(H,19,21)(H,20,23). The molecule has 0 spiro atoms. The first-order valence-electron chi connectivity index (χ1n) is 7.08. The van der Waals surface area contributed by atoms with Crippen LogP contribution in [0.25, 0.3) is 0 Å². The molecule has 7 heteroatoms. The fourth-order valence-corrected chi connectivity index (χ4v) is 1.97. The zero-order chi connectivity index (χ0) is 17.5. The van der Waals surface area contributed by atoms with Crippen molar-refractivity contribution in [2.24, 2.45) is 5.10 Å².